The molecule has 0 bridgehead atoms. The van der Waals surface area contributed by atoms with Crippen LogP contribution in [0.5, 0.6) is 0 Å². The molecule has 0 radical (unpaired) electrons. The van der Waals surface area contributed by atoms with Crippen molar-refractivity contribution in [1.29, 1.82) is 0 Å². The summed E-state index contributed by atoms with van der Waals surface area (Å²) in [6.07, 6.45) is 4.13. The van der Waals surface area contributed by atoms with E-state index in [1.54, 1.807) is 23.1 Å². The molecule has 3 aromatic rings. The number of hydrogen-bond acceptors (Lipinski definition) is 4. The van der Waals surface area contributed by atoms with Crippen LogP contribution in [0.4, 0.5) is 5.82 Å². The number of nitrogens with one attached hydrogen (secondary N) is 1. The van der Waals surface area contributed by atoms with Crippen molar-refractivity contribution < 1.29 is 9.21 Å². The van der Waals surface area contributed by atoms with Crippen molar-refractivity contribution in [3.05, 3.63) is 54.2 Å². The first-order valence-corrected chi connectivity index (χ1v) is 8.38. The second-order valence-electron chi connectivity index (χ2n) is 6.29. The summed E-state index contributed by atoms with van der Waals surface area (Å²) in [5, 5.41) is 7.08. The lowest BCUT2D eigenvalue weighted by atomic mass is 10.1. The van der Waals surface area contributed by atoms with Crippen molar-refractivity contribution in [3.63, 3.8) is 0 Å². The average Bonchev–Trinajstić information content (AvgIpc) is 3.23. The number of benzene rings is 1. The van der Waals surface area contributed by atoms with Gasteiger partial charge in [-0.05, 0) is 20.8 Å². The van der Waals surface area contributed by atoms with Crippen LogP contribution in [-0.4, -0.2) is 20.7 Å². The molecule has 3 rings (SSSR count). The Morgan fingerprint density at radius 1 is 1.24 bits per heavy atom. The highest BCUT2D eigenvalue weighted by molar-refractivity contribution is 5.89. The molecule has 1 N–H and O–H groups in total. The lowest BCUT2D eigenvalue weighted by Crippen LogP contribution is -2.17. The number of oxazole rings is 1. The van der Waals surface area contributed by atoms with E-state index in [4.69, 9.17) is 4.42 Å². The van der Waals surface area contributed by atoms with Gasteiger partial charge in [0.05, 0.1) is 12.4 Å². The summed E-state index contributed by atoms with van der Waals surface area (Å²) < 4.78 is 7.52. The zero-order valence-electron chi connectivity index (χ0n) is 14.7. The highest BCUT2D eigenvalue weighted by Crippen LogP contribution is 2.21. The van der Waals surface area contributed by atoms with Crippen LogP contribution in [0, 0.1) is 6.92 Å². The number of carbonyl (C=O) groups excluding carboxylic acids is 1. The largest absolute Gasteiger partial charge is 0.441 e. The van der Waals surface area contributed by atoms with Crippen LogP contribution in [0.3, 0.4) is 0 Å². The molecule has 6 nitrogen and oxygen atoms in total. The maximum Gasteiger partial charge on any atom is 0.226 e. The van der Waals surface area contributed by atoms with Crippen molar-refractivity contribution >= 4 is 11.7 Å². The van der Waals surface area contributed by atoms with E-state index in [2.05, 4.69) is 15.4 Å². The molecule has 0 aliphatic carbocycles. The molecular weight excluding hydrogens is 316 g/mol. The maximum absolute atomic E-state index is 12.2. The van der Waals surface area contributed by atoms with E-state index in [1.165, 1.54) is 5.56 Å². The van der Waals surface area contributed by atoms with Gasteiger partial charge in [-0.3, -0.25) is 4.79 Å². The summed E-state index contributed by atoms with van der Waals surface area (Å²) in [5.41, 5.74) is 2.18. The van der Waals surface area contributed by atoms with Gasteiger partial charge in [0, 0.05) is 30.5 Å². The molecule has 0 fully saturated rings. The predicted octanol–water partition coefficient (Wildman–Crippen LogP) is 4.00. The first-order valence-electron chi connectivity index (χ1n) is 8.38. The molecular formula is C19H22N4O2. The zero-order valence-corrected chi connectivity index (χ0v) is 14.7. The molecule has 0 atom stereocenters. The van der Waals surface area contributed by atoms with Crippen LogP contribution in [0.1, 0.15) is 37.8 Å². The standard InChI is InChI=1S/C19H22N4O2/c1-13(2)23-17(10-11-21-23)22-18(24)8-9-19-20-12-16(25-19)15-6-4-14(3)5-7-15/h4-7,10-13H,8-9H2,1-3H3,(H,22,24). The van der Waals surface area contributed by atoms with Crippen LogP contribution in [-0.2, 0) is 11.2 Å². The Morgan fingerprint density at radius 3 is 2.72 bits per heavy atom. The van der Waals surface area contributed by atoms with Crippen molar-refractivity contribution in [1.82, 2.24) is 14.8 Å². The fraction of sp³-hybridized carbons (Fsp3) is 0.316. The molecule has 0 aliphatic rings. The summed E-state index contributed by atoms with van der Waals surface area (Å²) >= 11 is 0. The number of hydrogen-bond donors (Lipinski definition) is 1. The number of amides is 1. The second kappa shape index (κ2) is 7.34. The predicted molar refractivity (Wildman–Crippen MR) is 96.2 cm³/mol. The fourth-order valence-electron chi connectivity index (χ4n) is 2.53. The minimum atomic E-state index is -0.0857. The molecule has 0 unspecified atom stereocenters. The zero-order chi connectivity index (χ0) is 17.8. The minimum Gasteiger partial charge on any atom is -0.441 e. The third-order valence-corrected chi connectivity index (χ3v) is 3.88. The van der Waals surface area contributed by atoms with E-state index in [0.29, 0.717) is 30.3 Å². The van der Waals surface area contributed by atoms with Gasteiger partial charge in [-0.25, -0.2) is 9.67 Å². The monoisotopic (exact) mass is 338 g/mol. The number of carbonyl (C=O) groups is 1. The SMILES string of the molecule is Cc1ccc(-c2cnc(CCC(=O)Nc3ccnn3C(C)C)o2)cc1. The lowest BCUT2D eigenvalue weighted by molar-refractivity contribution is -0.116. The lowest BCUT2D eigenvalue weighted by Gasteiger charge is -2.11. The number of anilines is 1. The smallest absolute Gasteiger partial charge is 0.226 e. The van der Waals surface area contributed by atoms with Crippen molar-refractivity contribution in [2.75, 3.05) is 5.32 Å². The van der Waals surface area contributed by atoms with Gasteiger partial charge in [0.25, 0.3) is 0 Å². The Bertz CT molecular complexity index is 846. The molecule has 2 aromatic heterocycles. The Kier molecular flexibility index (Phi) is 4.97. The van der Waals surface area contributed by atoms with E-state index < -0.39 is 0 Å². The Hall–Kier alpha value is -2.89. The van der Waals surface area contributed by atoms with Crippen LogP contribution in [0.2, 0.25) is 0 Å². The molecule has 1 aromatic carbocycles. The fourth-order valence-corrected chi connectivity index (χ4v) is 2.53. The highest BCUT2D eigenvalue weighted by Gasteiger charge is 2.12. The molecule has 1 amide bonds. The van der Waals surface area contributed by atoms with Crippen LogP contribution < -0.4 is 5.32 Å². The van der Waals surface area contributed by atoms with Gasteiger partial charge in [0.1, 0.15) is 5.82 Å². The third kappa shape index (κ3) is 4.15. The molecule has 0 aliphatic heterocycles. The molecule has 6 heteroatoms. The second-order valence-corrected chi connectivity index (χ2v) is 6.29. The molecule has 25 heavy (non-hydrogen) atoms. The van der Waals surface area contributed by atoms with E-state index in [-0.39, 0.29) is 11.9 Å². The van der Waals surface area contributed by atoms with Gasteiger partial charge in [0.2, 0.25) is 5.91 Å². The van der Waals surface area contributed by atoms with Crippen molar-refractivity contribution in [3.8, 4) is 11.3 Å². The van der Waals surface area contributed by atoms with Crippen LogP contribution >= 0.6 is 0 Å². The van der Waals surface area contributed by atoms with Gasteiger partial charge >= 0.3 is 0 Å². The highest BCUT2D eigenvalue weighted by atomic mass is 16.4. The van der Waals surface area contributed by atoms with E-state index >= 15 is 0 Å². The van der Waals surface area contributed by atoms with Gasteiger partial charge < -0.3 is 9.73 Å². The first kappa shape index (κ1) is 17.0. The Labute approximate surface area is 146 Å². The van der Waals surface area contributed by atoms with Crippen LogP contribution in [0.15, 0.2) is 47.1 Å². The van der Waals surface area contributed by atoms with Gasteiger partial charge in [-0.15, -0.1) is 0 Å². The topological polar surface area (TPSA) is 73.0 Å². The van der Waals surface area contributed by atoms with Gasteiger partial charge in [-0.1, -0.05) is 29.8 Å². The Balaban J connectivity index is 1.57. The summed E-state index contributed by atoms with van der Waals surface area (Å²) in [5.74, 6) is 1.89. The number of aryl methyl sites for hydroxylation is 2. The number of nitrogens with zero attached hydrogens (tertiary/aromatic N) is 3. The van der Waals surface area contributed by atoms with Crippen LogP contribution in [0.25, 0.3) is 11.3 Å². The first-order chi connectivity index (χ1) is 12.0. The number of aromatic nitrogens is 3. The van der Waals surface area contributed by atoms with E-state index in [0.717, 1.165) is 5.56 Å². The maximum atomic E-state index is 12.2. The normalized spacial score (nSPS) is 11.0. The van der Waals surface area contributed by atoms with E-state index in [9.17, 15) is 4.79 Å². The molecule has 2 heterocycles. The van der Waals surface area contributed by atoms with Crippen molar-refractivity contribution in [2.24, 2.45) is 0 Å². The molecule has 0 saturated heterocycles. The summed E-state index contributed by atoms with van der Waals surface area (Å²) in [6, 6.07) is 10.0. The molecule has 0 spiro atoms. The third-order valence-electron chi connectivity index (χ3n) is 3.88. The number of rotatable bonds is 6. The average molecular weight is 338 g/mol. The summed E-state index contributed by atoms with van der Waals surface area (Å²) in [6.45, 7) is 6.07. The summed E-state index contributed by atoms with van der Waals surface area (Å²) in [7, 11) is 0. The summed E-state index contributed by atoms with van der Waals surface area (Å²) in [4.78, 5) is 16.4. The van der Waals surface area contributed by atoms with Gasteiger partial charge in [-0.2, -0.15) is 5.10 Å². The van der Waals surface area contributed by atoms with Gasteiger partial charge in [0.15, 0.2) is 11.7 Å². The molecule has 0 saturated carbocycles. The molecule has 130 valence electrons. The van der Waals surface area contributed by atoms with Crippen molar-refractivity contribution in [2.45, 2.75) is 39.7 Å². The Morgan fingerprint density at radius 2 is 2.00 bits per heavy atom. The quantitative estimate of drug-likeness (QED) is 0.737. The minimum absolute atomic E-state index is 0.0857. The van der Waals surface area contributed by atoms with E-state index in [1.807, 2.05) is 45.0 Å².